The molecule has 3 rings (SSSR count). The van der Waals surface area contributed by atoms with Gasteiger partial charge in [0.15, 0.2) is 0 Å². The number of fused-ring (bicyclic) bond motifs is 1. The predicted molar refractivity (Wildman–Crippen MR) is 66.8 cm³/mol. The van der Waals surface area contributed by atoms with E-state index in [-0.39, 0.29) is 5.92 Å². The number of piperidine rings is 1. The minimum Gasteiger partial charge on any atom is -0.465 e. The molecule has 0 radical (unpaired) electrons. The number of nitrogens with zero attached hydrogens (tertiary/aromatic N) is 3. The van der Waals surface area contributed by atoms with Crippen LogP contribution in [0.1, 0.15) is 24.5 Å². The van der Waals surface area contributed by atoms with E-state index in [2.05, 4.69) is 9.38 Å². The van der Waals surface area contributed by atoms with E-state index in [1.165, 1.54) is 4.90 Å². The van der Waals surface area contributed by atoms with Crippen LogP contribution in [0.2, 0.25) is 0 Å². The summed E-state index contributed by atoms with van der Waals surface area (Å²) in [5.74, 6) is 0.243. The van der Waals surface area contributed by atoms with Crippen LogP contribution in [0.25, 0.3) is 5.65 Å². The Morgan fingerprint density at radius 3 is 3.17 bits per heavy atom. The van der Waals surface area contributed by atoms with Gasteiger partial charge in [-0.05, 0) is 25.0 Å². The van der Waals surface area contributed by atoms with Gasteiger partial charge in [-0.2, -0.15) is 0 Å². The summed E-state index contributed by atoms with van der Waals surface area (Å²) in [5.41, 5.74) is 2.02. The fourth-order valence-electron chi connectivity index (χ4n) is 2.65. The zero-order valence-electron chi connectivity index (χ0n) is 9.99. The summed E-state index contributed by atoms with van der Waals surface area (Å²) < 4.78 is 2.05. The number of hydrogen-bond donors (Lipinski definition) is 1. The molecule has 0 spiro atoms. The third-order valence-electron chi connectivity index (χ3n) is 3.56. The highest BCUT2D eigenvalue weighted by Crippen LogP contribution is 2.27. The first-order chi connectivity index (χ1) is 8.75. The molecule has 1 N–H and O–H groups in total. The molecule has 2 aromatic heterocycles. The molecule has 1 amide bonds. The van der Waals surface area contributed by atoms with E-state index >= 15 is 0 Å². The number of likely N-dealkylation sites (tertiary alicyclic amines) is 1. The first kappa shape index (κ1) is 11.1. The van der Waals surface area contributed by atoms with Gasteiger partial charge in [-0.25, -0.2) is 9.78 Å². The molecule has 1 saturated heterocycles. The molecule has 0 aliphatic carbocycles. The lowest BCUT2D eigenvalue weighted by atomic mass is 9.95. The molecule has 3 heterocycles. The smallest absolute Gasteiger partial charge is 0.407 e. The van der Waals surface area contributed by atoms with E-state index in [9.17, 15) is 4.79 Å². The highest BCUT2D eigenvalue weighted by Gasteiger charge is 2.26. The van der Waals surface area contributed by atoms with Crippen LogP contribution in [-0.2, 0) is 0 Å². The second-order valence-electron chi connectivity index (χ2n) is 4.68. The lowest BCUT2D eigenvalue weighted by Gasteiger charge is -2.30. The second kappa shape index (κ2) is 4.33. The summed E-state index contributed by atoms with van der Waals surface area (Å²) in [6.07, 6.45) is 4.96. The number of carboxylic acid groups (broad SMARTS) is 1. The maximum Gasteiger partial charge on any atom is 0.407 e. The molecule has 1 fully saturated rings. The first-order valence-electron chi connectivity index (χ1n) is 6.15. The Balaban J connectivity index is 1.92. The van der Waals surface area contributed by atoms with Crippen LogP contribution in [0, 0.1) is 0 Å². The monoisotopic (exact) mass is 245 g/mol. The van der Waals surface area contributed by atoms with E-state index in [0.29, 0.717) is 13.1 Å². The number of amides is 1. The summed E-state index contributed by atoms with van der Waals surface area (Å²) in [6, 6.07) is 5.88. The van der Waals surface area contributed by atoms with E-state index in [4.69, 9.17) is 5.11 Å². The predicted octanol–water partition coefficient (Wildman–Crippen LogP) is 2.19. The Morgan fingerprint density at radius 2 is 2.33 bits per heavy atom. The largest absolute Gasteiger partial charge is 0.465 e. The minimum atomic E-state index is -0.825. The van der Waals surface area contributed by atoms with Crippen LogP contribution in [0.3, 0.4) is 0 Å². The van der Waals surface area contributed by atoms with Crippen LogP contribution in [0.15, 0.2) is 30.6 Å². The Morgan fingerprint density at radius 1 is 1.44 bits per heavy atom. The van der Waals surface area contributed by atoms with Gasteiger partial charge in [0.25, 0.3) is 0 Å². The molecular formula is C13H15N3O2. The van der Waals surface area contributed by atoms with Crippen molar-refractivity contribution in [2.75, 3.05) is 13.1 Å². The van der Waals surface area contributed by atoms with Gasteiger partial charge in [0, 0.05) is 37.1 Å². The fraction of sp³-hybridized carbons (Fsp3) is 0.385. The van der Waals surface area contributed by atoms with Crippen molar-refractivity contribution in [2.45, 2.75) is 18.8 Å². The Labute approximate surface area is 105 Å². The molecule has 1 aliphatic heterocycles. The van der Waals surface area contributed by atoms with Crippen LogP contribution >= 0.6 is 0 Å². The van der Waals surface area contributed by atoms with Crippen molar-refractivity contribution in [3.63, 3.8) is 0 Å². The van der Waals surface area contributed by atoms with Gasteiger partial charge >= 0.3 is 6.09 Å². The van der Waals surface area contributed by atoms with Gasteiger partial charge in [0.05, 0.1) is 0 Å². The third-order valence-corrected chi connectivity index (χ3v) is 3.56. The first-order valence-corrected chi connectivity index (χ1v) is 6.15. The molecule has 1 atom stereocenters. The molecule has 0 saturated carbocycles. The topological polar surface area (TPSA) is 57.8 Å². The number of aromatic nitrogens is 2. The molecule has 0 aromatic carbocycles. The zero-order chi connectivity index (χ0) is 12.5. The van der Waals surface area contributed by atoms with Crippen LogP contribution in [-0.4, -0.2) is 38.6 Å². The minimum absolute atomic E-state index is 0.243. The van der Waals surface area contributed by atoms with Gasteiger partial charge in [-0.3, -0.25) is 0 Å². The van der Waals surface area contributed by atoms with Gasteiger partial charge in [-0.1, -0.05) is 6.07 Å². The highest BCUT2D eigenvalue weighted by atomic mass is 16.4. The Hall–Kier alpha value is -2.04. The number of rotatable bonds is 1. The molecule has 5 nitrogen and oxygen atoms in total. The molecule has 0 bridgehead atoms. The van der Waals surface area contributed by atoms with E-state index in [1.54, 1.807) is 0 Å². The van der Waals surface area contributed by atoms with Crippen LogP contribution in [0.5, 0.6) is 0 Å². The average molecular weight is 245 g/mol. The number of hydrogen-bond acceptors (Lipinski definition) is 2. The quantitative estimate of drug-likeness (QED) is 0.837. The van der Waals surface area contributed by atoms with E-state index in [0.717, 1.165) is 24.2 Å². The normalized spacial score (nSPS) is 20.2. The molecular weight excluding hydrogens is 230 g/mol. The van der Waals surface area contributed by atoms with Crippen molar-refractivity contribution in [2.24, 2.45) is 0 Å². The van der Waals surface area contributed by atoms with Gasteiger partial charge in [0.1, 0.15) is 5.65 Å². The lowest BCUT2D eigenvalue weighted by Crippen LogP contribution is -2.38. The number of pyridine rings is 1. The Kier molecular flexibility index (Phi) is 2.66. The molecule has 18 heavy (non-hydrogen) atoms. The van der Waals surface area contributed by atoms with Gasteiger partial charge in [-0.15, -0.1) is 0 Å². The van der Waals surface area contributed by atoms with E-state index < -0.39 is 6.09 Å². The molecule has 1 unspecified atom stereocenters. The average Bonchev–Trinajstić information content (AvgIpc) is 2.82. The maximum atomic E-state index is 11.0. The number of imidazole rings is 1. The second-order valence-corrected chi connectivity index (χ2v) is 4.68. The Bertz CT molecular complexity index is 578. The molecule has 2 aromatic rings. The fourth-order valence-corrected chi connectivity index (χ4v) is 2.65. The van der Waals surface area contributed by atoms with E-state index in [1.807, 2.05) is 30.6 Å². The summed E-state index contributed by atoms with van der Waals surface area (Å²) in [6.45, 7) is 1.21. The van der Waals surface area contributed by atoms with Crippen molar-refractivity contribution in [1.29, 1.82) is 0 Å². The van der Waals surface area contributed by atoms with Crippen molar-refractivity contribution in [3.05, 3.63) is 36.3 Å². The van der Waals surface area contributed by atoms with Crippen LogP contribution < -0.4 is 0 Å². The molecule has 94 valence electrons. The van der Waals surface area contributed by atoms with Crippen molar-refractivity contribution in [1.82, 2.24) is 14.3 Å². The molecule has 1 aliphatic rings. The summed E-state index contributed by atoms with van der Waals surface area (Å²) in [7, 11) is 0. The number of carbonyl (C=O) groups is 1. The molecule has 5 heteroatoms. The van der Waals surface area contributed by atoms with Gasteiger partial charge < -0.3 is 14.4 Å². The summed E-state index contributed by atoms with van der Waals surface area (Å²) >= 11 is 0. The van der Waals surface area contributed by atoms with Crippen molar-refractivity contribution < 1.29 is 9.90 Å². The van der Waals surface area contributed by atoms with Crippen molar-refractivity contribution >= 4 is 11.7 Å². The lowest BCUT2D eigenvalue weighted by molar-refractivity contribution is 0.130. The SMILES string of the molecule is O=C(O)N1CCCC(c2cnc3ccccn23)C1. The van der Waals surface area contributed by atoms with Crippen molar-refractivity contribution in [3.8, 4) is 0 Å². The summed E-state index contributed by atoms with van der Waals surface area (Å²) in [4.78, 5) is 16.9. The standard InChI is InChI=1S/C13H15N3O2/c17-13(18)15-6-3-4-10(9-15)11-8-14-12-5-1-2-7-16(11)12/h1-2,5,7-8,10H,3-4,6,9H2,(H,17,18). The summed E-state index contributed by atoms with van der Waals surface area (Å²) in [5, 5.41) is 9.07. The van der Waals surface area contributed by atoms with Gasteiger partial charge in [0.2, 0.25) is 0 Å². The highest BCUT2D eigenvalue weighted by molar-refractivity contribution is 5.65. The third kappa shape index (κ3) is 1.81. The zero-order valence-corrected chi connectivity index (χ0v) is 9.99. The maximum absolute atomic E-state index is 11.0. The van der Waals surface area contributed by atoms with Crippen LogP contribution in [0.4, 0.5) is 4.79 Å².